The van der Waals surface area contributed by atoms with E-state index in [2.05, 4.69) is 47.2 Å². The first kappa shape index (κ1) is 13.1. The Morgan fingerprint density at radius 3 is 2.32 bits per heavy atom. The standard InChI is InChI=1S/C16H25N3/c1-18-9-14-11-19(12-15(10-18)16(14)17)8-7-13-5-3-2-4-6-13/h2-6,14-16H,7-12,17H2,1H3. The summed E-state index contributed by atoms with van der Waals surface area (Å²) in [5.74, 6) is 1.32. The SMILES string of the molecule is CN1CC2CN(CCc3ccccc3)CC(C1)C2N. The summed E-state index contributed by atoms with van der Waals surface area (Å²) in [5, 5.41) is 0. The second kappa shape index (κ2) is 5.61. The number of nitrogens with two attached hydrogens (primary N) is 1. The number of fused-ring (bicyclic) bond motifs is 2. The van der Waals surface area contributed by atoms with Crippen LogP contribution < -0.4 is 5.73 Å². The van der Waals surface area contributed by atoms with Gasteiger partial charge >= 0.3 is 0 Å². The van der Waals surface area contributed by atoms with Crippen LogP contribution in [0.1, 0.15) is 5.56 Å². The smallest absolute Gasteiger partial charge is 0.0145 e. The number of hydrogen-bond donors (Lipinski definition) is 1. The largest absolute Gasteiger partial charge is 0.327 e. The molecule has 3 rings (SSSR count). The molecule has 1 aromatic carbocycles. The van der Waals surface area contributed by atoms with Gasteiger partial charge in [0, 0.05) is 38.8 Å². The lowest BCUT2D eigenvalue weighted by atomic mass is 9.80. The fourth-order valence-electron chi connectivity index (χ4n) is 3.71. The molecule has 0 spiro atoms. The van der Waals surface area contributed by atoms with Gasteiger partial charge in [-0.2, -0.15) is 0 Å². The molecule has 2 heterocycles. The molecule has 2 unspecified atom stereocenters. The summed E-state index contributed by atoms with van der Waals surface area (Å²) in [6, 6.07) is 11.2. The molecule has 0 amide bonds. The van der Waals surface area contributed by atoms with Crippen LogP contribution in [0.5, 0.6) is 0 Å². The van der Waals surface area contributed by atoms with Gasteiger partial charge < -0.3 is 15.5 Å². The number of nitrogens with zero attached hydrogens (tertiary/aromatic N) is 2. The predicted octanol–water partition coefficient (Wildman–Crippen LogP) is 1.05. The van der Waals surface area contributed by atoms with Crippen molar-refractivity contribution in [3.05, 3.63) is 35.9 Å². The molecule has 0 aromatic heterocycles. The van der Waals surface area contributed by atoms with Crippen LogP contribution >= 0.6 is 0 Å². The van der Waals surface area contributed by atoms with Crippen molar-refractivity contribution in [2.24, 2.45) is 17.6 Å². The predicted molar refractivity (Wildman–Crippen MR) is 79.0 cm³/mol. The fraction of sp³-hybridized carbons (Fsp3) is 0.625. The molecule has 2 aliphatic heterocycles. The summed E-state index contributed by atoms with van der Waals surface area (Å²) in [7, 11) is 2.23. The first-order valence-corrected chi connectivity index (χ1v) is 7.43. The van der Waals surface area contributed by atoms with Crippen molar-refractivity contribution >= 4 is 0 Å². The Kier molecular flexibility index (Phi) is 3.87. The van der Waals surface area contributed by atoms with E-state index in [0.717, 1.165) is 6.42 Å². The second-order valence-corrected chi connectivity index (χ2v) is 6.31. The monoisotopic (exact) mass is 259 g/mol. The van der Waals surface area contributed by atoms with Gasteiger partial charge in [-0.05, 0) is 30.9 Å². The average Bonchev–Trinajstić information content (AvgIpc) is 2.40. The molecule has 19 heavy (non-hydrogen) atoms. The molecule has 104 valence electrons. The molecule has 2 atom stereocenters. The minimum atomic E-state index is 0.421. The molecular formula is C16H25N3. The van der Waals surface area contributed by atoms with Crippen LogP contribution in [-0.4, -0.2) is 55.6 Å². The topological polar surface area (TPSA) is 32.5 Å². The molecule has 0 aliphatic carbocycles. The van der Waals surface area contributed by atoms with Crippen molar-refractivity contribution in [1.82, 2.24) is 9.80 Å². The van der Waals surface area contributed by atoms with Gasteiger partial charge in [0.2, 0.25) is 0 Å². The minimum Gasteiger partial charge on any atom is -0.327 e. The zero-order chi connectivity index (χ0) is 13.2. The lowest BCUT2D eigenvalue weighted by molar-refractivity contribution is 0.0245. The van der Waals surface area contributed by atoms with E-state index in [1.54, 1.807) is 0 Å². The Balaban J connectivity index is 1.56. The van der Waals surface area contributed by atoms with E-state index in [1.165, 1.54) is 38.3 Å². The Morgan fingerprint density at radius 1 is 1.05 bits per heavy atom. The van der Waals surface area contributed by atoms with E-state index < -0.39 is 0 Å². The van der Waals surface area contributed by atoms with Crippen LogP contribution in [0.2, 0.25) is 0 Å². The second-order valence-electron chi connectivity index (χ2n) is 6.31. The van der Waals surface area contributed by atoms with Crippen LogP contribution in [0.4, 0.5) is 0 Å². The van der Waals surface area contributed by atoms with E-state index in [0.29, 0.717) is 17.9 Å². The third kappa shape index (κ3) is 2.99. The van der Waals surface area contributed by atoms with Crippen LogP contribution in [0.3, 0.4) is 0 Å². The third-order valence-corrected chi connectivity index (χ3v) is 4.73. The summed E-state index contributed by atoms with van der Waals surface area (Å²) in [4.78, 5) is 5.08. The van der Waals surface area contributed by atoms with Crippen molar-refractivity contribution in [3.63, 3.8) is 0 Å². The van der Waals surface area contributed by atoms with Gasteiger partial charge in [0.15, 0.2) is 0 Å². The van der Waals surface area contributed by atoms with Gasteiger partial charge in [0.1, 0.15) is 0 Å². The van der Waals surface area contributed by atoms with E-state index in [4.69, 9.17) is 5.73 Å². The highest BCUT2D eigenvalue weighted by Gasteiger charge is 2.38. The van der Waals surface area contributed by atoms with Crippen molar-refractivity contribution < 1.29 is 0 Å². The van der Waals surface area contributed by atoms with Crippen LogP contribution in [-0.2, 0) is 6.42 Å². The summed E-state index contributed by atoms with van der Waals surface area (Å²) in [6.07, 6.45) is 1.16. The van der Waals surface area contributed by atoms with E-state index >= 15 is 0 Å². The van der Waals surface area contributed by atoms with Crippen molar-refractivity contribution in [2.45, 2.75) is 12.5 Å². The summed E-state index contributed by atoms with van der Waals surface area (Å²) in [6.45, 7) is 5.86. The van der Waals surface area contributed by atoms with Crippen LogP contribution in [0.15, 0.2) is 30.3 Å². The van der Waals surface area contributed by atoms with E-state index in [9.17, 15) is 0 Å². The number of benzene rings is 1. The maximum Gasteiger partial charge on any atom is 0.0145 e. The number of rotatable bonds is 3. The zero-order valence-electron chi connectivity index (χ0n) is 11.8. The first-order chi connectivity index (χ1) is 9.22. The van der Waals surface area contributed by atoms with Crippen LogP contribution in [0.25, 0.3) is 0 Å². The normalized spacial score (nSPS) is 32.4. The average molecular weight is 259 g/mol. The molecular weight excluding hydrogens is 234 g/mol. The van der Waals surface area contributed by atoms with Crippen molar-refractivity contribution in [3.8, 4) is 0 Å². The summed E-state index contributed by atoms with van der Waals surface area (Å²) < 4.78 is 0. The van der Waals surface area contributed by atoms with Crippen LogP contribution in [0, 0.1) is 11.8 Å². The lowest BCUT2D eigenvalue weighted by Gasteiger charge is -2.48. The third-order valence-electron chi connectivity index (χ3n) is 4.73. The first-order valence-electron chi connectivity index (χ1n) is 7.43. The van der Waals surface area contributed by atoms with Gasteiger partial charge in [-0.25, -0.2) is 0 Å². The number of likely N-dealkylation sites (tertiary alicyclic amines) is 2. The lowest BCUT2D eigenvalue weighted by Crippen LogP contribution is -2.62. The molecule has 0 radical (unpaired) electrons. The molecule has 2 saturated heterocycles. The maximum absolute atomic E-state index is 6.36. The van der Waals surface area contributed by atoms with Crippen molar-refractivity contribution in [2.75, 3.05) is 39.8 Å². The van der Waals surface area contributed by atoms with E-state index in [-0.39, 0.29) is 0 Å². The number of hydrogen-bond acceptors (Lipinski definition) is 3. The summed E-state index contributed by atoms with van der Waals surface area (Å²) in [5.41, 5.74) is 7.81. The molecule has 2 N–H and O–H groups in total. The van der Waals surface area contributed by atoms with Crippen molar-refractivity contribution in [1.29, 1.82) is 0 Å². The molecule has 0 saturated carbocycles. The molecule has 2 bridgehead atoms. The van der Waals surface area contributed by atoms with Gasteiger partial charge in [-0.3, -0.25) is 0 Å². The molecule has 1 aromatic rings. The summed E-state index contributed by atoms with van der Waals surface area (Å²) >= 11 is 0. The maximum atomic E-state index is 6.36. The molecule has 3 nitrogen and oxygen atoms in total. The Bertz CT molecular complexity index is 390. The Morgan fingerprint density at radius 2 is 1.68 bits per heavy atom. The Labute approximate surface area is 116 Å². The quantitative estimate of drug-likeness (QED) is 0.881. The van der Waals surface area contributed by atoms with Gasteiger partial charge in [-0.15, -0.1) is 0 Å². The van der Waals surface area contributed by atoms with Gasteiger partial charge in [0.05, 0.1) is 0 Å². The van der Waals surface area contributed by atoms with E-state index in [1.807, 2.05) is 0 Å². The molecule has 2 fully saturated rings. The van der Waals surface area contributed by atoms with Gasteiger partial charge in [0.25, 0.3) is 0 Å². The van der Waals surface area contributed by atoms with Gasteiger partial charge in [-0.1, -0.05) is 30.3 Å². The molecule has 2 aliphatic rings. The fourth-order valence-corrected chi connectivity index (χ4v) is 3.71. The highest BCUT2D eigenvalue weighted by atomic mass is 15.2. The highest BCUT2D eigenvalue weighted by molar-refractivity contribution is 5.15. The highest BCUT2D eigenvalue weighted by Crippen LogP contribution is 2.27. The zero-order valence-corrected chi connectivity index (χ0v) is 11.8. The Hall–Kier alpha value is -0.900. The molecule has 3 heteroatoms. The minimum absolute atomic E-state index is 0.421. The number of piperidine rings is 2.